The first-order chi connectivity index (χ1) is 12.1. The largest absolute Gasteiger partial charge is 0.452 e. The lowest BCUT2D eigenvalue weighted by Gasteiger charge is -2.05. The summed E-state index contributed by atoms with van der Waals surface area (Å²) in [6.07, 6.45) is 0. The van der Waals surface area contributed by atoms with Crippen molar-refractivity contribution in [2.45, 2.75) is 0 Å². The summed E-state index contributed by atoms with van der Waals surface area (Å²) < 4.78 is 4.98. The molecule has 1 heterocycles. The number of anilines is 2. The number of esters is 1. The molecule has 3 rings (SSSR count). The third-order valence-corrected chi connectivity index (χ3v) is 4.06. The molecule has 0 saturated carbocycles. The van der Waals surface area contributed by atoms with E-state index in [4.69, 9.17) is 10.5 Å². The van der Waals surface area contributed by atoms with Crippen LogP contribution in [0.5, 0.6) is 0 Å². The number of nitrogen functional groups attached to an aromatic ring is 1. The van der Waals surface area contributed by atoms with Crippen LogP contribution in [0.3, 0.4) is 0 Å². The Morgan fingerprint density at radius 3 is 2.52 bits per heavy atom. The first kappa shape index (κ1) is 16.7. The van der Waals surface area contributed by atoms with Gasteiger partial charge in [0, 0.05) is 16.6 Å². The van der Waals surface area contributed by atoms with Crippen LogP contribution < -0.4 is 11.1 Å². The van der Waals surface area contributed by atoms with Crippen LogP contribution in [0.4, 0.5) is 10.8 Å². The van der Waals surface area contributed by atoms with E-state index in [1.165, 1.54) is 11.3 Å². The van der Waals surface area contributed by atoms with Gasteiger partial charge in [-0.15, -0.1) is 11.3 Å². The van der Waals surface area contributed by atoms with Gasteiger partial charge < -0.3 is 10.5 Å². The molecule has 0 aliphatic carbocycles. The first-order valence-corrected chi connectivity index (χ1v) is 8.33. The molecule has 25 heavy (non-hydrogen) atoms. The fourth-order valence-electron chi connectivity index (χ4n) is 2.06. The molecule has 6 nitrogen and oxygen atoms in total. The van der Waals surface area contributed by atoms with Crippen LogP contribution in [0.1, 0.15) is 10.4 Å². The molecule has 3 N–H and O–H groups in total. The average Bonchev–Trinajstić information content (AvgIpc) is 3.09. The molecule has 126 valence electrons. The van der Waals surface area contributed by atoms with Crippen molar-refractivity contribution < 1.29 is 14.3 Å². The minimum absolute atomic E-state index is 0.336. The minimum Gasteiger partial charge on any atom is -0.452 e. The highest BCUT2D eigenvalue weighted by Crippen LogP contribution is 2.24. The van der Waals surface area contributed by atoms with Gasteiger partial charge >= 0.3 is 5.97 Å². The van der Waals surface area contributed by atoms with Crippen LogP contribution in [0.15, 0.2) is 60.0 Å². The van der Waals surface area contributed by atoms with Crippen molar-refractivity contribution in [1.29, 1.82) is 0 Å². The molecule has 0 saturated heterocycles. The molecule has 3 aromatic rings. The molecule has 1 amide bonds. The van der Waals surface area contributed by atoms with Gasteiger partial charge in [0.25, 0.3) is 5.91 Å². The van der Waals surface area contributed by atoms with E-state index in [0.29, 0.717) is 16.4 Å². The van der Waals surface area contributed by atoms with Crippen LogP contribution in [0.2, 0.25) is 0 Å². The predicted molar refractivity (Wildman–Crippen MR) is 97.3 cm³/mol. The zero-order chi connectivity index (χ0) is 17.6. The number of rotatable bonds is 5. The number of nitrogens with zero attached hydrogens (tertiary/aromatic N) is 1. The molecular weight excluding hydrogens is 338 g/mol. The van der Waals surface area contributed by atoms with Crippen molar-refractivity contribution in [1.82, 2.24) is 4.98 Å². The number of hydrogen-bond acceptors (Lipinski definition) is 6. The Balaban J connectivity index is 1.54. The van der Waals surface area contributed by atoms with E-state index in [9.17, 15) is 9.59 Å². The third kappa shape index (κ3) is 4.42. The maximum Gasteiger partial charge on any atom is 0.338 e. The first-order valence-electron chi connectivity index (χ1n) is 7.45. The monoisotopic (exact) mass is 353 g/mol. The standard InChI is InChI=1S/C18H15N3O3S/c19-14-8-6-13(7-9-14)17(23)24-10-16(22)21-18-20-15(11-25-18)12-4-2-1-3-5-12/h1-9,11H,10,19H2,(H,20,21,22). The Hall–Kier alpha value is -3.19. The Bertz CT molecular complexity index is 876. The van der Waals surface area contributed by atoms with E-state index in [0.717, 1.165) is 11.3 Å². The SMILES string of the molecule is Nc1ccc(C(=O)OCC(=O)Nc2nc(-c3ccccc3)cs2)cc1. The van der Waals surface area contributed by atoms with Gasteiger partial charge in [0.2, 0.25) is 0 Å². The predicted octanol–water partition coefficient (Wildman–Crippen LogP) is 3.19. The molecule has 7 heteroatoms. The topological polar surface area (TPSA) is 94.3 Å². The van der Waals surface area contributed by atoms with Crippen molar-refractivity contribution in [3.05, 3.63) is 65.5 Å². The second-order valence-corrected chi connectivity index (χ2v) is 6.01. The lowest BCUT2D eigenvalue weighted by atomic mass is 10.2. The maximum atomic E-state index is 11.9. The van der Waals surface area contributed by atoms with E-state index in [1.807, 2.05) is 35.7 Å². The zero-order valence-electron chi connectivity index (χ0n) is 13.1. The van der Waals surface area contributed by atoms with Crippen molar-refractivity contribution in [2.75, 3.05) is 17.7 Å². The zero-order valence-corrected chi connectivity index (χ0v) is 14.0. The highest BCUT2D eigenvalue weighted by Gasteiger charge is 2.12. The summed E-state index contributed by atoms with van der Waals surface area (Å²) in [6, 6.07) is 15.9. The molecule has 1 aromatic heterocycles. The van der Waals surface area contributed by atoms with E-state index in [2.05, 4.69) is 10.3 Å². The number of carbonyl (C=O) groups excluding carboxylic acids is 2. The summed E-state index contributed by atoms with van der Waals surface area (Å²) in [5.41, 5.74) is 8.19. The summed E-state index contributed by atoms with van der Waals surface area (Å²) in [6.45, 7) is -0.385. The van der Waals surface area contributed by atoms with Crippen LogP contribution >= 0.6 is 11.3 Å². The Morgan fingerprint density at radius 1 is 1.08 bits per heavy atom. The molecule has 0 spiro atoms. The fourth-order valence-corrected chi connectivity index (χ4v) is 2.80. The number of ether oxygens (including phenoxy) is 1. The van der Waals surface area contributed by atoms with Gasteiger partial charge in [-0.25, -0.2) is 9.78 Å². The average molecular weight is 353 g/mol. The molecule has 0 bridgehead atoms. The van der Waals surface area contributed by atoms with E-state index < -0.39 is 11.9 Å². The van der Waals surface area contributed by atoms with Crippen LogP contribution in [0, 0.1) is 0 Å². The van der Waals surface area contributed by atoms with E-state index in [-0.39, 0.29) is 6.61 Å². The number of benzene rings is 2. The molecule has 0 aliphatic heterocycles. The van der Waals surface area contributed by atoms with Gasteiger partial charge in [-0.1, -0.05) is 30.3 Å². The Labute approximate surface area is 148 Å². The number of hydrogen-bond donors (Lipinski definition) is 2. The quantitative estimate of drug-likeness (QED) is 0.543. The summed E-state index contributed by atoms with van der Waals surface area (Å²) in [5, 5.41) is 4.92. The normalized spacial score (nSPS) is 10.2. The van der Waals surface area contributed by atoms with Crippen molar-refractivity contribution in [3.8, 4) is 11.3 Å². The minimum atomic E-state index is -0.584. The lowest BCUT2D eigenvalue weighted by Crippen LogP contribution is -2.20. The van der Waals surface area contributed by atoms with Crippen molar-refractivity contribution >= 4 is 34.0 Å². The number of nitrogens with one attached hydrogen (secondary N) is 1. The molecule has 0 atom stereocenters. The second kappa shape index (κ2) is 7.59. The number of aromatic nitrogens is 1. The molecule has 0 unspecified atom stereocenters. The van der Waals surface area contributed by atoms with Crippen molar-refractivity contribution in [2.24, 2.45) is 0 Å². The van der Waals surface area contributed by atoms with E-state index >= 15 is 0 Å². The van der Waals surface area contributed by atoms with Gasteiger partial charge in [0.05, 0.1) is 11.3 Å². The maximum absolute atomic E-state index is 11.9. The number of nitrogens with two attached hydrogens (primary N) is 1. The summed E-state index contributed by atoms with van der Waals surface area (Å²) >= 11 is 1.31. The van der Waals surface area contributed by atoms with Gasteiger partial charge in [0.15, 0.2) is 11.7 Å². The van der Waals surface area contributed by atoms with Crippen LogP contribution in [-0.2, 0) is 9.53 Å². The van der Waals surface area contributed by atoms with Gasteiger partial charge in [0.1, 0.15) is 0 Å². The van der Waals surface area contributed by atoms with Gasteiger partial charge in [-0.05, 0) is 24.3 Å². The summed E-state index contributed by atoms with van der Waals surface area (Å²) in [4.78, 5) is 28.1. The summed E-state index contributed by atoms with van der Waals surface area (Å²) in [5.74, 6) is -1.03. The molecule has 0 fully saturated rings. The van der Waals surface area contributed by atoms with Crippen LogP contribution in [0.25, 0.3) is 11.3 Å². The molecule has 2 aromatic carbocycles. The molecule has 0 aliphatic rings. The van der Waals surface area contributed by atoms with Crippen molar-refractivity contribution in [3.63, 3.8) is 0 Å². The second-order valence-electron chi connectivity index (χ2n) is 5.15. The molecule has 0 radical (unpaired) electrons. The molecular formula is C18H15N3O3S. The summed E-state index contributed by atoms with van der Waals surface area (Å²) in [7, 11) is 0. The highest BCUT2D eigenvalue weighted by atomic mass is 32.1. The number of thiazole rings is 1. The highest BCUT2D eigenvalue weighted by molar-refractivity contribution is 7.14. The number of amides is 1. The Kier molecular flexibility index (Phi) is 5.06. The number of carbonyl (C=O) groups is 2. The van der Waals surface area contributed by atoms with Gasteiger partial charge in [-0.2, -0.15) is 0 Å². The van der Waals surface area contributed by atoms with Gasteiger partial charge in [-0.3, -0.25) is 10.1 Å². The fraction of sp³-hybridized carbons (Fsp3) is 0.0556. The third-order valence-electron chi connectivity index (χ3n) is 3.30. The van der Waals surface area contributed by atoms with E-state index in [1.54, 1.807) is 24.3 Å². The Morgan fingerprint density at radius 2 is 1.80 bits per heavy atom. The smallest absolute Gasteiger partial charge is 0.338 e. The van der Waals surface area contributed by atoms with Crippen LogP contribution in [-0.4, -0.2) is 23.5 Å². The lowest BCUT2D eigenvalue weighted by molar-refractivity contribution is -0.119.